The molecule has 38 heavy (non-hydrogen) atoms. The fourth-order valence-electron chi connectivity index (χ4n) is 5.60. The van der Waals surface area contributed by atoms with E-state index in [1.807, 2.05) is 35.2 Å². The number of benzene rings is 2. The van der Waals surface area contributed by atoms with Gasteiger partial charge >= 0.3 is 0 Å². The molecule has 2 aromatic rings. The third-order valence-corrected chi connectivity index (χ3v) is 7.55. The molecule has 3 atom stereocenters. The Kier molecular flexibility index (Phi) is 8.22. The summed E-state index contributed by atoms with van der Waals surface area (Å²) in [5, 5.41) is 6.42. The predicted octanol–water partition coefficient (Wildman–Crippen LogP) is 2.26. The van der Waals surface area contributed by atoms with Crippen LogP contribution in [0.5, 0.6) is 5.75 Å². The molecule has 5 rings (SSSR count). The average Bonchev–Trinajstić information content (AvgIpc) is 3.26. The van der Waals surface area contributed by atoms with Crippen LogP contribution in [0.25, 0.3) is 0 Å². The lowest BCUT2D eigenvalue weighted by molar-refractivity contribution is -0.137. The molecule has 1 unspecified atom stereocenters. The van der Waals surface area contributed by atoms with E-state index in [9.17, 15) is 18.8 Å². The number of hydrogen-bond acceptors (Lipinski definition) is 5. The van der Waals surface area contributed by atoms with Crippen LogP contribution in [0.1, 0.15) is 36.8 Å². The van der Waals surface area contributed by atoms with Gasteiger partial charge in [-0.25, -0.2) is 4.39 Å². The molecule has 9 heteroatoms. The summed E-state index contributed by atoms with van der Waals surface area (Å²) in [6.45, 7) is 3.17. The molecule has 0 radical (unpaired) electrons. The van der Waals surface area contributed by atoms with E-state index >= 15 is 0 Å². The molecule has 3 aliphatic rings. The highest BCUT2D eigenvalue weighted by Crippen LogP contribution is 2.23. The van der Waals surface area contributed by atoms with Crippen LogP contribution in [0, 0.1) is 11.7 Å². The number of hydrogen-bond donors (Lipinski definition) is 2. The van der Waals surface area contributed by atoms with Gasteiger partial charge in [0.05, 0.1) is 18.6 Å². The van der Waals surface area contributed by atoms with Crippen molar-refractivity contribution in [3.63, 3.8) is 0 Å². The Labute approximate surface area is 222 Å². The second-order valence-corrected chi connectivity index (χ2v) is 10.5. The lowest BCUT2D eigenvalue weighted by atomic mass is 9.96. The highest BCUT2D eigenvalue weighted by molar-refractivity contribution is 5.89. The summed E-state index contributed by atoms with van der Waals surface area (Å²) in [5.41, 5.74) is 1.75. The SMILES string of the molecule is O=C1N[C@H](C[C@@H]2NCCN(Cc3ccccc3)C2=O)Cc2cc(F)cc(c2)OCCCCN2CC1CC2=O. The van der Waals surface area contributed by atoms with Crippen molar-refractivity contribution in [2.75, 3.05) is 32.8 Å². The monoisotopic (exact) mass is 522 g/mol. The van der Waals surface area contributed by atoms with Crippen LogP contribution in [0.3, 0.4) is 0 Å². The lowest BCUT2D eigenvalue weighted by Crippen LogP contribution is -2.57. The summed E-state index contributed by atoms with van der Waals surface area (Å²) in [5.74, 6) is -0.613. The maximum Gasteiger partial charge on any atom is 0.240 e. The van der Waals surface area contributed by atoms with E-state index in [2.05, 4.69) is 10.6 Å². The topological polar surface area (TPSA) is 91.0 Å². The first-order valence-corrected chi connectivity index (χ1v) is 13.5. The van der Waals surface area contributed by atoms with Crippen LogP contribution in [-0.2, 0) is 27.3 Å². The van der Waals surface area contributed by atoms with E-state index in [1.165, 1.54) is 12.1 Å². The maximum absolute atomic E-state index is 14.5. The van der Waals surface area contributed by atoms with Crippen LogP contribution in [-0.4, -0.2) is 72.4 Å². The second kappa shape index (κ2) is 11.9. The normalized spacial score (nSPS) is 24.9. The highest BCUT2D eigenvalue weighted by atomic mass is 19.1. The molecule has 0 aliphatic carbocycles. The Bertz CT molecular complexity index is 1160. The third-order valence-electron chi connectivity index (χ3n) is 7.55. The van der Waals surface area contributed by atoms with Crippen molar-refractivity contribution < 1.29 is 23.5 Å². The van der Waals surface area contributed by atoms with Crippen LogP contribution >= 0.6 is 0 Å². The van der Waals surface area contributed by atoms with Gasteiger partial charge in [-0.1, -0.05) is 30.3 Å². The molecule has 0 saturated carbocycles. The van der Waals surface area contributed by atoms with Gasteiger partial charge in [0, 0.05) is 51.3 Å². The van der Waals surface area contributed by atoms with Gasteiger partial charge in [0.15, 0.2) is 0 Å². The molecule has 4 bridgehead atoms. The molecule has 0 aromatic heterocycles. The molecular weight excluding hydrogens is 487 g/mol. The Morgan fingerprint density at radius 1 is 1.00 bits per heavy atom. The number of piperazine rings is 1. The average molecular weight is 523 g/mol. The van der Waals surface area contributed by atoms with Gasteiger partial charge in [0.1, 0.15) is 11.6 Å². The zero-order valence-corrected chi connectivity index (χ0v) is 21.5. The predicted molar refractivity (Wildman–Crippen MR) is 140 cm³/mol. The van der Waals surface area contributed by atoms with E-state index in [4.69, 9.17) is 4.74 Å². The van der Waals surface area contributed by atoms with Crippen molar-refractivity contribution in [3.05, 3.63) is 65.5 Å². The largest absolute Gasteiger partial charge is 0.493 e. The Morgan fingerprint density at radius 2 is 1.84 bits per heavy atom. The molecule has 2 aromatic carbocycles. The number of halogens is 1. The summed E-state index contributed by atoms with van der Waals surface area (Å²) < 4.78 is 20.3. The van der Waals surface area contributed by atoms with Gasteiger partial charge < -0.3 is 25.2 Å². The standard InChI is InChI=1S/C29H35FN4O4/c30-23-12-21-13-24(17-26-29(37)34(10-8-31-26)18-20-6-2-1-3-7-20)32-28(36)22-15-27(35)33(19-22)9-4-5-11-38-25(14-21)16-23/h1-3,6-7,12,14,16,22,24,26,31H,4-5,8-11,13,15,17-19H2,(H,32,36)/t22?,24-,26-/m0/s1. The highest BCUT2D eigenvalue weighted by Gasteiger charge is 2.36. The minimum absolute atomic E-state index is 0.0114. The van der Waals surface area contributed by atoms with Crippen LogP contribution < -0.4 is 15.4 Å². The van der Waals surface area contributed by atoms with Crippen molar-refractivity contribution in [1.29, 1.82) is 0 Å². The van der Waals surface area contributed by atoms with Gasteiger partial charge in [-0.2, -0.15) is 0 Å². The van der Waals surface area contributed by atoms with Crippen molar-refractivity contribution in [2.45, 2.75) is 50.7 Å². The number of nitrogens with zero attached hydrogens (tertiary/aromatic N) is 2. The Balaban J connectivity index is 1.35. The number of carbonyl (C=O) groups excluding carboxylic acids is 3. The minimum Gasteiger partial charge on any atom is -0.493 e. The summed E-state index contributed by atoms with van der Waals surface area (Å²) in [7, 11) is 0. The summed E-state index contributed by atoms with van der Waals surface area (Å²) in [4.78, 5) is 42.8. The minimum atomic E-state index is -0.481. The molecule has 2 fully saturated rings. The number of amides is 3. The number of fused-ring (bicyclic) bond motifs is 4. The summed E-state index contributed by atoms with van der Waals surface area (Å²) >= 11 is 0. The quantitative estimate of drug-likeness (QED) is 0.643. The number of ether oxygens (including phenoxy) is 1. The van der Waals surface area contributed by atoms with Crippen molar-refractivity contribution in [1.82, 2.24) is 20.4 Å². The second-order valence-electron chi connectivity index (χ2n) is 10.5. The van der Waals surface area contributed by atoms with Crippen molar-refractivity contribution >= 4 is 17.7 Å². The first-order valence-electron chi connectivity index (χ1n) is 13.5. The van der Waals surface area contributed by atoms with Crippen LogP contribution in [0.2, 0.25) is 0 Å². The summed E-state index contributed by atoms with van der Waals surface area (Å²) in [6.07, 6.45) is 2.36. The van der Waals surface area contributed by atoms with Gasteiger partial charge in [-0.05, 0) is 48.9 Å². The lowest BCUT2D eigenvalue weighted by Gasteiger charge is -2.35. The van der Waals surface area contributed by atoms with E-state index in [-0.39, 0.29) is 24.1 Å². The molecule has 0 spiro atoms. The fourth-order valence-corrected chi connectivity index (χ4v) is 5.60. The zero-order valence-electron chi connectivity index (χ0n) is 21.5. The molecule has 2 N–H and O–H groups in total. The first kappa shape index (κ1) is 26.2. The van der Waals surface area contributed by atoms with E-state index < -0.39 is 23.8 Å². The fraction of sp³-hybridized carbons (Fsp3) is 0.483. The van der Waals surface area contributed by atoms with E-state index in [1.54, 1.807) is 11.0 Å². The first-order chi connectivity index (χ1) is 18.4. The molecule has 3 heterocycles. The van der Waals surface area contributed by atoms with E-state index in [0.29, 0.717) is 63.5 Å². The van der Waals surface area contributed by atoms with Gasteiger partial charge in [-0.15, -0.1) is 0 Å². The Hall–Kier alpha value is -3.46. The molecule has 202 valence electrons. The van der Waals surface area contributed by atoms with E-state index in [0.717, 1.165) is 18.4 Å². The van der Waals surface area contributed by atoms with Gasteiger partial charge in [-0.3, -0.25) is 14.4 Å². The van der Waals surface area contributed by atoms with Crippen molar-refractivity contribution in [3.8, 4) is 5.75 Å². The third kappa shape index (κ3) is 6.51. The zero-order chi connectivity index (χ0) is 26.5. The molecular formula is C29H35FN4O4. The molecule has 3 amide bonds. The Morgan fingerprint density at radius 3 is 2.68 bits per heavy atom. The number of nitrogens with one attached hydrogen (secondary N) is 2. The maximum atomic E-state index is 14.5. The molecule has 8 nitrogen and oxygen atoms in total. The van der Waals surface area contributed by atoms with Gasteiger partial charge in [0.2, 0.25) is 17.7 Å². The summed E-state index contributed by atoms with van der Waals surface area (Å²) in [6, 6.07) is 13.6. The van der Waals surface area contributed by atoms with Crippen LogP contribution in [0.4, 0.5) is 4.39 Å². The van der Waals surface area contributed by atoms with Gasteiger partial charge in [0.25, 0.3) is 0 Å². The number of carbonyl (C=O) groups is 3. The molecule has 3 aliphatic heterocycles. The smallest absolute Gasteiger partial charge is 0.240 e. The number of rotatable bonds is 4. The molecule has 2 saturated heterocycles. The van der Waals surface area contributed by atoms with Crippen LogP contribution in [0.15, 0.2) is 48.5 Å². The van der Waals surface area contributed by atoms with Crippen molar-refractivity contribution in [2.24, 2.45) is 5.92 Å².